The van der Waals surface area contributed by atoms with Gasteiger partial charge in [0.1, 0.15) is 0 Å². The van der Waals surface area contributed by atoms with Crippen molar-refractivity contribution in [2.45, 2.75) is 46.0 Å². The molecule has 2 atom stereocenters. The number of nitrogens with zero attached hydrogens (tertiary/aromatic N) is 3. The van der Waals surface area contributed by atoms with Crippen molar-refractivity contribution >= 4 is 46.2 Å². The number of halogens is 4. The van der Waals surface area contributed by atoms with Crippen molar-refractivity contribution in [2.24, 2.45) is 5.92 Å². The fourth-order valence-corrected chi connectivity index (χ4v) is 5.85. The zero-order valence-corrected chi connectivity index (χ0v) is 24.9. The molecule has 0 aliphatic carbocycles. The predicted octanol–water partition coefficient (Wildman–Crippen LogP) is 7.93. The van der Waals surface area contributed by atoms with E-state index in [-0.39, 0.29) is 17.9 Å². The molecule has 1 amide bonds. The molecule has 0 bridgehead atoms. The molecule has 1 aliphatic rings. The third-order valence-electron chi connectivity index (χ3n) is 7.33. The Bertz CT molecular complexity index is 1650. The van der Waals surface area contributed by atoms with Gasteiger partial charge in [0.15, 0.2) is 5.11 Å². The van der Waals surface area contributed by atoms with E-state index in [2.05, 4.69) is 15.6 Å². The van der Waals surface area contributed by atoms with Crippen LogP contribution in [-0.2, 0) is 11.0 Å². The lowest BCUT2D eigenvalue weighted by atomic mass is 9.96. The monoisotopic (exact) mass is 611 g/mol. The van der Waals surface area contributed by atoms with Crippen LogP contribution >= 0.6 is 23.8 Å². The van der Waals surface area contributed by atoms with E-state index in [0.717, 1.165) is 34.8 Å². The molecule has 1 fully saturated rings. The summed E-state index contributed by atoms with van der Waals surface area (Å²) >= 11 is 12.5. The summed E-state index contributed by atoms with van der Waals surface area (Å²) in [6, 6.07) is 17.4. The van der Waals surface area contributed by atoms with Crippen molar-refractivity contribution in [1.82, 2.24) is 14.9 Å². The van der Waals surface area contributed by atoms with Crippen LogP contribution < -0.4 is 15.5 Å². The van der Waals surface area contributed by atoms with Crippen LogP contribution in [0.4, 0.5) is 24.5 Å². The molecule has 1 saturated heterocycles. The van der Waals surface area contributed by atoms with Gasteiger partial charge in [-0.15, -0.1) is 0 Å². The maximum atomic E-state index is 13.5. The van der Waals surface area contributed by atoms with Crippen LogP contribution in [0.3, 0.4) is 0 Å². The molecule has 0 spiro atoms. The molecular formula is C31H29ClF3N5OS. The molecule has 2 aromatic heterocycles. The predicted molar refractivity (Wildman–Crippen MR) is 163 cm³/mol. The Labute approximate surface area is 252 Å². The van der Waals surface area contributed by atoms with Crippen molar-refractivity contribution in [2.75, 3.05) is 10.2 Å². The molecule has 3 heterocycles. The summed E-state index contributed by atoms with van der Waals surface area (Å²) in [5.41, 5.74) is 4.01. The summed E-state index contributed by atoms with van der Waals surface area (Å²) in [7, 11) is 0. The van der Waals surface area contributed by atoms with Crippen LogP contribution in [0.2, 0.25) is 5.02 Å². The van der Waals surface area contributed by atoms with E-state index >= 15 is 0 Å². The van der Waals surface area contributed by atoms with E-state index in [1.165, 1.54) is 6.07 Å². The Kier molecular flexibility index (Phi) is 8.04. The number of aromatic nitrogens is 2. The first-order chi connectivity index (χ1) is 19.9. The Morgan fingerprint density at radius 2 is 1.81 bits per heavy atom. The minimum atomic E-state index is -4.46. The molecule has 218 valence electrons. The average Bonchev–Trinajstić information content (AvgIpc) is 3.44. The van der Waals surface area contributed by atoms with E-state index in [1.807, 2.05) is 53.6 Å². The number of alkyl halides is 3. The molecule has 4 aromatic rings. The third-order valence-corrected chi connectivity index (χ3v) is 7.96. The number of amides is 1. The van der Waals surface area contributed by atoms with Gasteiger partial charge in [-0.2, -0.15) is 13.2 Å². The molecule has 6 nitrogen and oxygen atoms in total. The number of rotatable bonds is 6. The number of benzene rings is 2. The zero-order valence-electron chi connectivity index (χ0n) is 23.3. The molecular weight excluding hydrogens is 583 g/mol. The van der Waals surface area contributed by atoms with Gasteiger partial charge in [-0.3, -0.25) is 9.78 Å². The van der Waals surface area contributed by atoms with E-state index in [4.69, 9.17) is 23.8 Å². The number of anilines is 2. The SMILES string of the molecule is Cc1cc([C@H]2[C@H](c3ccccn3)NC(=S)N2c2ccc(NC(=O)C(C)C)c(Cl)c2)c(C)n1-c1cccc(C(F)(F)F)c1. The number of pyridine rings is 1. The highest BCUT2D eigenvalue weighted by atomic mass is 35.5. The van der Waals surface area contributed by atoms with Crippen LogP contribution in [0.1, 0.15) is 54.1 Å². The van der Waals surface area contributed by atoms with Crippen molar-refractivity contribution < 1.29 is 18.0 Å². The Balaban J connectivity index is 1.62. The maximum absolute atomic E-state index is 13.5. The summed E-state index contributed by atoms with van der Waals surface area (Å²) < 4.78 is 42.5. The lowest BCUT2D eigenvalue weighted by Crippen LogP contribution is -2.29. The second-order valence-corrected chi connectivity index (χ2v) is 11.3. The van der Waals surface area contributed by atoms with Gasteiger partial charge in [0, 0.05) is 34.9 Å². The Hall–Kier alpha value is -3.89. The van der Waals surface area contributed by atoms with E-state index in [1.54, 1.807) is 38.2 Å². The van der Waals surface area contributed by atoms with E-state index < -0.39 is 17.8 Å². The minimum absolute atomic E-state index is 0.155. The van der Waals surface area contributed by atoms with Crippen molar-refractivity contribution in [1.29, 1.82) is 0 Å². The largest absolute Gasteiger partial charge is 0.416 e. The molecule has 5 rings (SSSR count). The molecule has 1 aliphatic heterocycles. The van der Waals surface area contributed by atoms with Gasteiger partial charge in [-0.05, 0) is 86.2 Å². The second-order valence-electron chi connectivity index (χ2n) is 10.5. The zero-order chi connectivity index (χ0) is 30.3. The topological polar surface area (TPSA) is 62.2 Å². The number of carbonyl (C=O) groups excluding carboxylic acids is 1. The fraction of sp³-hybridized carbons (Fsp3) is 0.258. The number of thiocarbonyl (C=S) groups is 1. The van der Waals surface area contributed by atoms with Crippen LogP contribution in [0, 0.1) is 19.8 Å². The molecule has 0 saturated carbocycles. The van der Waals surface area contributed by atoms with Gasteiger partial charge in [-0.25, -0.2) is 0 Å². The Morgan fingerprint density at radius 3 is 2.45 bits per heavy atom. The van der Waals surface area contributed by atoms with Gasteiger partial charge >= 0.3 is 6.18 Å². The quantitative estimate of drug-likeness (QED) is 0.217. The number of hydrogen-bond donors (Lipinski definition) is 2. The highest BCUT2D eigenvalue weighted by Gasteiger charge is 2.42. The number of aryl methyl sites for hydroxylation is 1. The van der Waals surface area contributed by atoms with Crippen LogP contribution in [0.15, 0.2) is 72.9 Å². The first-order valence-electron chi connectivity index (χ1n) is 13.3. The molecule has 42 heavy (non-hydrogen) atoms. The summed E-state index contributed by atoms with van der Waals surface area (Å²) in [4.78, 5) is 18.8. The maximum Gasteiger partial charge on any atom is 0.416 e. The molecule has 2 aromatic carbocycles. The van der Waals surface area contributed by atoms with Crippen molar-refractivity contribution in [3.63, 3.8) is 0 Å². The van der Waals surface area contributed by atoms with Crippen molar-refractivity contribution in [3.05, 3.63) is 106 Å². The number of carbonyl (C=O) groups is 1. The highest BCUT2D eigenvalue weighted by molar-refractivity contribution is 7.80. The van der Waals surface area contributed by atoms with Crippen molar-refractivity contribution in [3.8, 4) is 5.69 Å². The standard InChI is InChI=1S/C31H29ClF3N5OS/c1-17(2)29(41)37-25-12-11-22(16-24(25)32)40-28(27(38-30(40)42)26-10-5-6-13-36-26)23-14-18(3)39(19(23)4)21-9-7-8-20(15-21)31(33,34)35/h5-17,27-28H,1-4H3,(H,37,41)(H,38,42)/t27-,28-/m0/s1. The van der Waals surface area contributed by atoms with Crippen LogP contribution in [-0.4, -0.2) is 20.6 Å². The van der Waals surface area contributed by atoms with E-state index in [0.29, 0.717) is 27.2 Å². The third kappa shape index (κ3) is 5.61. The van der Waals surface area contributed by atoms with Gasteiger partial charge in [0.05, 0.1) is 34.1 Å². The Morgan fingerprint density at radius 1 is 1.05 bits per heavy atom. The summed E-state index contributed by atoms with van der Waals surface area (Å²) in [6.45, 7) is 7.34. The lowest BCUT2D eigenvalue weighted by Gasteiger charge is -2.28. The first kappa shape index (κ1) is 29.6. The highest BCUT2D eigenvalue weighted by Crippen LogP contribution is 2.45. The van der Waals surface area contributed by atoms with Crippen LogP contribution in [0.25, 0.3) is 5.69 Å². The molecule has 11 heteroatoms. The molecule has 0 unspecified atom stereocenters. The summed E-state index contributed by atoms with van der Waals surface area (Å²) in [6.07, 6.45) is -2.76. The normalized spacial score (nSPS) is 17.1. The molecule has 2 N–H and O–H groups in total. The van der Waals surface area contributed by atoms with Gasteiger partial charge in [0.25, 0.3) is 0 Å². The average molecular weight is 612 g/mol. The van der Waals surface area contributed by atoms with Crippen LogP contribution in [0.5, 0.6) is 0 Å². The minimum Gasteiger partial charge on any atom is -0.351 e. The van der Waals surface area contributed by atoms with Gasteiger partial charge < -0.3 is 20.1 Å². The molecule has 0 radical (unpaired) electrons. The number of nitrogens with one attached hydrogen (secondary N) is 2. The van der Waals surface area contributed by atoms with Gasteiger partial charge in [-0.1, -0.05) is 37.6 Å². The summed E-state index contributed by atoms with van der Waals surface area (Å²) in [5, 5.41) is 7.02. The lowest BCUT2D eigenvalue weighted by molar-refractivity contribution is -0.137. The first-order valence-corrected chi connectivity index (χ1v) is 14.1. The van der Waals surface area contributed by atoms with E-state index in [9.17, 15) is 18.0 Å². The fourth-order valence-electron chi connectivity index (χ4n) is 5.29. The summed E-state index contributed by atoms with van der Waals surface area (Å²) in [5.74, 6) is -0.371. The smallest absolute Gasteiger partial charge is 0.351 e. The second kappa shape index (κ2) is 11.4. The van der Waals surface area contributed by atoms with Gasteiger partial charge in [0.2, 0.25) is 5.91 Å². The number of hydrogen-bond acceptors (Lipinski definition) is 3.